The number of para-hydroxylation sites is 2. The molecule has 0 saturated carbocycles. The Morgan fingerprint density at radius 3 is 2.05 bits per heavy atom. The van der Waals surface area contributed by atoms with Gasteiger partial charge in [-0.3, -0.25) is 9.20 Å². The van der Waals surface area contributed by atoms with Crippen molar-refractivity contribution in [3.8, 4) is 22.6 Å². The average Bonchev–Trinajstić information content (AvgIpc) is 3.42. The van der Waals surface area contributed by atoms with Gasteiger partial charge in [-0.15, -0.1) is 0 Å². The normalized spacial score (nSPS) is 11.3. The fraction of sp³-hybridized carbons (Fsp3) is 0.417. The number of halogens is 1. The van der Waals surface area contributed by atoms with Crippen molar-refractivity contribution < 1.29 is 21.5 Å². The number of imidazole rings is 1. The predicted molar refractivity (Wildman–Crippen MR) is 170 cm³/mol. The van der Waals surface area contributed by atoms with E-state index in [1.165, 1.54) is 57.8 Å². The van der Waals surface area contributed by atoms with E-state index in [2.05, 4.69) is 77.7 Å². The molecule has 0 spiro atoms. The molecule has 0 N–H and O–H groups in total. The third-order valence-corrected chi connectivity index (χ3v) is 8.16. The highest BCUT2D eigenvalue weighted by molar-refractivity contribution is 5.88. The number of benzene rings is 2. The van der Waals surface area contributed by atoms with Crippen LogP contribution in [0.25, 0.3) is 39.2 Å². The minimum atomic E-state index is 0. The molecule has 0 aliphatic heterocycles. The van der Waals surface area contributed by atoms with Gasteiger partial charge in [0.25, 0.3) is 5.56 Å². The van der Waals surface area contributed by atoms with Crippen LogP contribution in [0.15, 0.2) is 83.9 Å². The van der Waals surface area contributed by atoms with E-state index in [-0.39, 0.29) is 22.5 Å². The zero-order chi connectivity index (χ0) is 28.4. The molecule has 0 unspecified atom stereocenters. The maximum absolute atomic E-state index is 14.3. The number of rotatable bonds is 15. The number of unbranched alkanes of at least 4 members (excludes halogenated alkanes) is 9. The molecule has 5 rings (SSSR count). The Balaban J connectivity index is 0.00000405. The van der Waals surface area contributed by atoms with E-state index in [0.717, 1.165) is 53.1 Å². The van der Waals surface area contributed by atoms with Crippen molar-refractivity contribution in [3.63, 3.8) is 0 Å². The molecule has 0 bridgehead atoms. The summed E-state index contributed by atoms with van der Waals surface area (Å²) in [4.78, 5) is 19.5. The molecule has 0 amide bonds. The third kappa shape index (κ3) is 7.20. The van der Waals surface area contributed by atoms with Crippen LogP contribution >= 0.6 is 0 Å². The molecule has 5 aromatic rings. The summed E-state index contributed by atoms with van der Waals surface area (Å²) < 4.78 is 6.36. The molecule has 0 radical (unpaired) electrons. The predicted octanol–water partition coefficient (Wildman–Crippen LogP) is 5.61. The zero-order valence-electron chi connectivity index (χ0n) is 25.3. The van der Waals surface area contributed by atoms with Crippen LogP contribution in [-0.2, 0) is 13.1 Å². The zero-order valence-corrected chi connectivity index (χ0v) is 26.9. The van der Waals surface area contributed by atoms with Gasteiger partial charge >= 0.3 is 0 Å². The quantitative estimate of drug-likeness (QED) is 0.112. The van der Waals surface area contributed by atoms with Crippen LogP contribution in [0.1, 0.15) is 84.5 Å². The Hall–Kier alpha value is -3.25. The van der Waals surface area contributed by atoms with Gasteiger partial charge in [-0.2, -0.15) is 0 Å². The minimum Gasteiger partial charge on any atom is -1.00 e. The van der Waals surface area contributed by atoms with Crippen LogP contribution in [0.4, 0.5) is 0 Å². The molecule has 0 aliphatic carbocycles. The van der Waals surface area contributed by atoms with Gasteiger partial charge in [-0.1, -0.05) is 108 Å². The second kappa shape index (κ2) is 15.8. The van der Waals surface area contributed by atoms with E-state index in [1.807, 2.05) is 28.8 Å². The molecule has 5 nitrogen and oxygen atoms in total. The lowest BCUT2D eigenvalue weighted by Crippen LogP contribution is -3.00. The summed E-state index contributed by atoms with van der Waals surface area (Å²) in [6.07, 6.45) is 17.9. The fourth-order valence-electron chi connectivity index (χ4n) is 5.93. The van der Waals surface area contributed by atoms with Crippen LogP contribution in [0.2, 0.25) is 0 Å². The monoisotopic (exact) mass is 628 g/mol. The largest absolute Gasteiger partial charge is 1.00 e. The third-order valence-electron chi connectivity index (χ3n) is 8.16. The van der Waals surface area contributed by atoms with Crippen molar-refractivity contribution in [1.82, 2.24) is 14.0 Å². The first kappa shape index (κ1) is 31.7. The van der Waals surface area contributed by atoms with Gasteiger partial charge in [0.1, 0.15) is 17.8 Å². The summed E-state index contributed by atoms with van der Waals surface area (Å²) in [5.41, 5.74) is 5.41. The van der Waals surface area contributed by atoms with Crippen molar-refractivity contribution in [2.45, 2.75) is 97.6 Å². The van der Waals surface area contributed by atoms with E-state index in [4.69, 9.17) is 4.98 Å². The highest BCUT2D eigenvalue weighted by atomic mass is 79.9. The smallest absolute Gasteiger partial charge is 0.277 e. The second-order valence-electron chi connectivity index (χ2n) is 11.3. The molecule has 6 heteroatoms. The molecule has 42 heavy (non-hydrogen) atoms. The van der Waals surface area contributed by atoms with Crippen LogP contribution in [0.3, 0.4) is 0 Å². The molecular formula is C36H45BrN4O. The lowest BCUT2D eigenvalue weighted by Gasteiger charge is -2.14. The van der Waals surface area contributed by atoms with Crippen molar-refractivity contribution >= 4 is 16.6 Å². The highest BCUT2D eigenvalue weighted by Crippen LogP contribution is 2.31. The maximum atomic E-state index is 14.3. The first-order valence-corrected chi connectivity index (χ1v) is 15.8. The van der Waals surface area contributed by atoms with Gasteiger partial charge in [-0.05, 0) is 31.0 Å². The summed E-state index contributed by atoms with van der Waals surface area (Å²) in [5.74, 6) is 0.819. The van der Waals surface area contributed by atoms with Crippen LogP contribution in [0, 0.1) is 0 Å². The molecule has 2 aromatic carbocycles. The van der Waals surface area contributed by atoms with Crippen molar-refractivity contribution in [3.05, 3.63) is 89.5 Å². The summed E-state index contributed by atoms with van der Waals surface area (Å²) in [6, 6.07) is 22.7. The van der Waals surface area contributed by atoms with Gasteiger partial charge < -0.3 is 21.5 Å². The van der Waals surface area contributed by atoms with Crippen molar-refractivity contribution in [2.24, 2.45) is 0 Å². The van der Waals surface area contributed by atoms with Crippen molar-refractivity contribution in [2.75, 3.05) is 0 Å². The first-order valence-electron chi connectivity index (χ1n) is 15.8. The Bertz CT molecular complexity index is 1620. The molecule has 0 aliphatic rings. The number of nitrogens with zero attached hydrogens (tertiary/aromatic N) is 4. The molecule has 3 aromatic heterocycles. The van der Waals surface area contributed by atoms with E-state index in [1.54, 1.807) is 0 Å². The van der Waals surface area contributed by atoms with Crippen LogP contribution < -0.4 is 27.1 Å². The first-order chi connectivity index (χ1) is 20.2. The number of hydrogen-bond acceptors (Lipinski definition) is 2. The van der Waals surface area contributed by atoms with E-state index in [0.29, 0.717) is 12.1 Å². The molecule has 3 heterocycles. The SMILES string of the molecule is CCCCCCCCC[n+]1cccc(-c2nc(-c3ccccc3)c3c(=O)n(CCCCCC)c4ccccc4n23)c1.[Br-]. The summed E-state index contributed by atoms with van der Waals surface area (Å²) in [5, 5.41) is 0. The second-order valence-corrected chi connectivity index (χ2v) is 11.3. The maximum Gasteiger partial charge on any atom is 0.277 e. The summed E-state index contributed by atoms with van der Waals surface area (Å²) in [6.45, 7) is 6.19. The van der Waals surface area contributed by atoms with Gasteiger partial charge in [-0.25, -0.2) is 9.55 Å². The molecule has 0 atom stereocenters. The minimum absolute atomic E-state index is 0. The number of fused-ring (bicyclic) bond motifs is 3. The van der Waals surface area contributed by atoms with Gasteiger partial charge in [0.15, 0.2) is 18.2 Å². The number of aromatic nitrogens is 4. The Morgan fingerprint density at radius 2 is 1.31 bits per heavy atom. The summed E-state index contributed by atoms with van der Waals surface area (Å²) in [7, 11) is 0. The standard InChI is InChI=1S/C36H45N4O.BrH/c1-3-5-7-9-10-11-17-25-38-26-19-22-30(28-38)35-37-33(29-20-13-12-14-21-29)34-36(41)39(27-18-8-6-4-2)31-23-15-16-24-32(31)40(34)35;/h12-16,19-24,26,28H,3-11,17-18,25,27H2,1-2H3;1H/q+1;/p-1. The fourth-order valence-corrected chi connectivity index (χ4v) is 5.93. The van der Waals surface area contributed by atoms with E-state index in [9.17, 15) is 4.79 Å². The topological polar surface area (TPSA) is 43.2 Å². The average molecular weight is 630 g/mol. The lowest BCUT2D eigenvalue weighted by molar-refractivity contribution is -0.696. The van der Waals surface area contributed by atoms with Gasteiger partial charge in [0.2, 0.25) is 0 Å². The molecule has 222 valence electrons. The molecule has 0 fully saturated rings. The Morgan fingerprint density at radius 1 is 0.690 bits per heavy atom. The van der Waals surface area contributed by atoms with Gasteiger partial charge in [0, 0.05) is 24.6 Å². The number of aryl methyl sites for hydroxylation is 2. The van der Waals surface area contributed by atoms with Crippen LogP contribution in [0.5, 0.6) is 0 Å². The van der Waals surface area contributed by atoms with Crippen molar-refractivity contribution in [1.29, 1.82) is 0 Å². The Labute approximate surface area is 261 Å². The van der Waals surface area contributed by atoms with Crippen LogP contribution in [-0.4, -0.2) is 14.0 Å². The Kier molecular flexibility index (Phi) is 11.9. The number of pyridine rings is 1. The number of hydrogen-bond donors (Lipinski definition) is 0. The summed E-state index contributed by atoms with van der Waals surface area (Å²) >= 11 is 0. The lowest BCUT2D eigenvalue weighted by atomic mass is 10.1. The molecule has 0 saturated heterocycles. The van der Waals surface area contributed by atoms with E-state index < -0.39 is 0 Å². The van der Waals surface area contributed by atoms with E-state index >= 15 is 0 Å². The molecular weight excluding hydrogens is 584 g/mol. The highest BCUT2D eigenvalue weighted by Gasteiger charge is 2.23. The van der Waals surface area contributed by atoms with Gasteiger partial charge in [0.05, 0.1) is 16.6 Å².